The Morgan fingerprint density at radius 2 is 1.81 bits per heavy atom. The van der Waals surface area contributed by atoms with Crippen LogP contribution in [0.4, 0.5) is 9.93 Å². The molecule has 1 saturated heterocycles. The van der Waals surface area contributed by atoms with Gasteiger partial charge in [-0.25, -0.2) is 15.3 Å². The van der Waals surface area contributed by atoms with Crippen molar-refractivity contribution in [2.75, 3.05) is 18.4 Å². The van der Waals surface area contributed by atoms with Crippen LogP contribution in [-0.2, 0) is 11.3 Å². The first-order valence-electron chi connectivity index (χ1n) is 14.1. The molecule has 0 aliphatic carbocycles. The first kappa shape index (κ1) is 30.5. The Morgan fingerprint density at radius 1 is 1.09 bits per heavy atom. The molecule has 3 aromatic heterocycles. The number of thiazole rings is 1. The molecule has 1 aliphatic heterocycles. The van der Waals surface area contributed by atoms with Gasteiger partial charge in [0.25, 0.3) is 11.8 Å². The maximum atomic E-state index is 13.6. The van der Waals surface area contributed by atoms with Gasteiger partial charge in [-0.05, 0) is 69.7 Å². The van der Waals surface area contributed by atoms with Gasteiger partial charge in [0.15, 0.2) is 5.13 Å². The highest BCUT2D eigenvalue weighted by atomic mass is 32.1. The fourth-order valence-corrected chi connectivity index (χ4v) is 6.93. The molecule has 226 valence electrons. The maximum Gasteiger partial charge on any atom is 0.410 e. The smallest absolute Gasteiger partial charge is 0.410 e. The minimum Gasteiger partial charge on any atom is -0.444 e. The van der Waals surface area contributed by atoms with Crippen LogP contribution >= 0.6 is 22.7 Å². The zero-order valence-electron chi connectivity index (χ0n) is 24.5. The summed E-state index contributed by atoms with van der Waals surface area (Å²) in [5.74, 6) is -0.492. The van der Waals surface area contributed by atoms with Crippen LogP contribution in [0.25, 0.3) is 21.8 Å². The average molecular weight is 622 g/mol. The normalized spacial score (nSPS) is 14.0. The number of nitrogens with zero attached hydrogens (tertiary/aromatic N) is 3. The Balaban J connectivity index is 1.31. The molecule has 1 fully saturated rings. The second-order valence-corrected chi connectivity index (χ2v) is 13.5. The summed E-state index contributed by atoms with van der Waals surface area (Å²) in [5.41, 5.74) is 4.95. The molecule has 3 amide bonds. The Kier molecular flexibility index (Phi) is 9.00. The summed E-state index contributed by atoms with van der Waals surface area (Å²) in [5, 5.41) is 14.2. The monoisotopic (exact) mass is 621 g/mol. The molecule has 0 bridgehead atoms. The molecule has 43 heavy (non-hydrogen) atoms. The predicted octanol–water partition coefficient (Wildman–Crippen LogP) is 6.67. The topological polar surface area (TPSA) is 126 Å². The van der Waals surface area contributed by atoms with Crippen molar-refractivity contribution in [1.29, 1.82) is 0 Å². The van der Waals surface area contributed by atoms with E-state index in [-0.39, 0.29) is 12.0 Å². The van der Waals surface area contributed by atoms with Gasteiger partial charge in [-0.15, -0.1) is 22.7 Å². The zero-order valence-corrected chi connectivity index (χ0v) is 26.2. The molecule has 12 heteroatoms. The van der Waals surface area contributed by atoms with Crippen LogP contribution in [0.5, 0.6) is 0 Å². The molecule has 0 unspecified atom stereocenters. The number of aromatic nitrogens is 2. The highest BCUT2D eigenvalue weighted by molar-refractivity contribution is 7.18. The molecule has 0 spiro atoms. The minimum absolute atomic E-state index is 0.263. The highest BCUT2D eigenvalue weighted by Gasteiger charge is 2.28. The van der Waals surface area contributed by atoms with Gasteiger partial charge in [-0.3, -0.25) is 20.1 Å². The number of thiophene rings is 1. The molecule has 4 heterocycles. The fourth-order valence-electron chi connectivity index (χ4n) is 5.13. The van der Waals surface area contributed by atoms with E-state index in [9.17, 15) is 14.4 Å². The standard InChI is InChI=1S/C31H35N5O5S2/c1-19-16-24(28(38)34-40)43-26(19)23-18-42-29(32-23)33-27(37)22-12-15-36(25(22)21-8-6-5-7-9-21)17-20-10-13-35(14-11-20)30(39)41-31(2,3)4/h5-9,12,15-16,18,20,40H,10-11,13-14,17H2,1-4H3,(H,34,38)(H,32,33,37). The number of rotatable bonds is 7. The van der Waals surface area contributed by atoms with E-state index in [1.54, 1.807) is 16.4 Å². The lowest BCUT2D eigenvalue weighted by atomic mass is 9.96. The molecule has 0 atom stereocenters. The third kappa shape index (κ3) is 7.15. The average Bonchev–Trinajstić information content (AvgIpc) is 3.71. The Bertz CT molecular complexity index is 1610. The van der Waals surface area contributed by atoms with Gasteiger partial charge in [0, 0.05) is 31.2 Å². The van der Waals surface area contributed by atoms with Gasteiger partial charge in [-0.1, -0.05) is 30.3 Å². The number of benzene rings is 1. The number of carbonyl (C=O) groups excluding carboxylic acids is 3. The van der Waals surface area contributed by atoms with Gasteiger partial charge < -0.3 is 14.2 Å². The van der Waals surface area contributed by atoms with E-state index in [1.165, 1.54) is 22.7 Å². The van der Waals surface area contributed by atoms with Crippen LogP contribution in [0, 0.1) is 12.8 Å². The number of hydroxylamine groups is 1. The number of ether oxygens (including phenoxy) is 1. The largest absolute Gasteiger partial charge is 0.444 e. The zero-order chi connectivity index (χ0) is 30.7. The van der Waals surface area contributed by atoms with E-state index >= 15 is 0 Å². The lowest BCUT2D eigenvalue weighted by molar-refractivity contribution is 0.0178. The number of hydrogen-bond acceptors (Lipinski definition) is 8. The minimum atomic E-state index is -0.574. The molecule has 3 N–H and O–H groups in total. The first-order chi connectivity index (χ1) is 20.5. The van der Waals surface area contributed by atoms with E-state index in [2.05, 4.69) is 14.9 Å². The SMILES string of the molecule is Cc1cc(C(=O)NO)sc1-c1csc(NC(=O)c2ccn(CC3CCN(C(=O)OC(C)(C)C)CC3)c2-c2ccccc2)n1. The summed E-state index contributed by atoms with van der Waals surface area (Å²) < 4.78 is 7.68. The lowest BCUT2D eigenvalue weighted by Gasteiger charge is -2.33. The van der Waals surface area contributed by atoms with E-state index in [4.69, 9.17) is 9.94 Å². The van der Waals surface area contributed by atoms with Crippen molar-refractivity contribution < 1.29 is 24.3 Å². The van der Waals surface area contributed by atoms with Crippen LogP contribution < -0.4 is 10.8 Å². The molecule has 5 rings (SSSR count). The van der Waals surface area contributed by atoms with Crippen LogP contribution in [0.2, 0.25) is 0 Å². The first-order valence-corrected chi connectivity index (χ1v) is 15.8. The van der Waals surface area contributed by atoms with Crippen LogP contribution in [0.15, 0.2) is 54.0 Å². The molecular formula is C31H35N5O5S2. The fraction of sp³-hybridized carbons (Fsp3) is 0.355. The maximum absolute atomic E-state index is 13.6. The van der Waals surface area contributed by atoms with E-state index < -0.39 is 11.5 Å². The number of piperidine rings is 1. The Hall–Kier alpha value is -4.00. The van der Waals surface area contributed by atoms with Crippen molar-refractivity contribution in [3.05, 3.63) is 70.0 Å². The number of aryl methyl sites for hydroxylation is 1. The summed E-state index contributed by atoms with van der Waals surface area (Å²) in [7, 11) is 0. The van der Waals surface area contributed by atoms with E-state index in [0.717, 1.165) is 41.1 Å². The number of likely N-dealkylation sites (tertiary alicyclic amines) is 1. The van der Waals surface area contributed by atoms with E-state index in [1.807, 2.05) is 75.7 Å². The number of nitrogens with one attached hydrogen (secondary N) is 2. The summed E-state index contributed by atoms with van der Waals surface area (Å²) in [6.07, 6.45) is 3.37. The highest BCUT2D eigenvalue weighted by Crippen LogP contribution is 2.35. The van der Waals surface area contributed by atoms with Crippen LogP contribution in [0.3, 0.4) is 0 Å². The number of anilines is 1. The summed E-state index contributed by atoms with van der Waals surface area (Å²) in [6, 6.07) is 13.4. The summed E-state index contributed by atoms with van der Waals surface area (Å²) in [6.45, 7) is 9.48. The summed E-state index contributed by atoms with van der Waals surface area (Å²) >= 11 is 2.53. The van der Waals surface area contributed by atoms with Crippen LogP contribution in [-0.4, -0.2) is 56.3 Å². The lowest BCUT2D eigenvalue weighted by Crippen LogP contribution is -2.42. The molecule has 1 aromatic carbocycles. The van der Waals surface area contributed by atoms with Crippen LogP contribution in [0.1, 0.15) is 59.2 Å². The number of hydrogen-bond donors (Lipinski definition) is 3. The van der Waals surface area contributed by atoms with Gasteiger partial charge >= 0.3 is 6.09 Å². The summed E-state index contributed by atoms with van der Waals surface area (Å²) in [4.78, 5) is 45.5. The quantitative estimate of drug-likeness (QED) is 0.156. The second kappa shape index (κ2) is 12.7. The Labute approximate surface area is 258 Å². The van der Waals surface area contributed by atoms with Crippen molar-refractivity contribution in [1.82, 2.24) is 19.9 Å². The molecular weight excluding hydrogens is 587 g/mol. The van der Waals surface area contributed by atoms with Crippen molar-refractivity contribution in [2.45, 2.75) is 52.7 Å². The van der Waals surface area contributed by atoms with Gasteiger partial charge in [-0.2, -0.15) is 0 Å². The number of carbonyl (C=O) groups is 3. The van der Waals surface area contributed by atoms with Gasteiger partial charge in [0.05, 0.1) is 26.7 Å². The third-order valence-corrected chi connectivity index (χ3v) is 9.19. The van der Waals surface area contributed by atoms with Crippen molar-refractivity contribution >= 4 is 45.7 Å². The molecule has 4 aromatic rings. The van der Waals surface area contributed by atoms with Gasteiger partial charge in [0.2, 0.25) is 0 Å². The van der Waals surface area contributed by atoms with Gasteiger partial charge in [0.1, 0.15) is 5.60 Å². The third-order valence-electron chi connectivity index (χ3n) is 7.18. The number of amides is 3. The van der Waals surface area contributed by atoms with Crippen molar-refractivity contribution in [3.63, 3.8) is 0 Å². The van der Waals surface area contributed by atoms with Crippen molar-refractivity contribution in [3.8, 4) is 21.8 Å². The molecule has 0 saturated carbocycles. The van der Waals surface area contributed by atoms with E-state index in [0.29, 0.717) is 40.3 Å². The molecule has 10 nitrogen and oxygen atoms in total. The Morgan fingerprint density at radius 3 is 2.49 bits per heavy atom. The molecule has 0 radical (unpaired) electrons. The second-order valence-electron chi connectivity index (χ2n) is 11.6. The molecule has 1 aliphatic rings. The van der Waals surface area contributed by atoms with Crippen molar-refractivity contribution in [2.24, 2.45) is 5.92 Å². The predicted molar refractivity (Wildman–Crippen MR) is 168 cm³/mol.